The molecule has 0 aliphatic rings. The summed E-state index contributed by atoms with van der Waals surface area (Å²) in [4.78, 5) is 2.77. The Hall–Kier alpha value is -1.51. The van der Waals surface area contributed by atoms with Crippen LogP contribution in [0.4, 0.5) is 10.1 Å². The van der Waals surface area contributed by atoms with Gasteiger partial charge >= 0.3 is 0 Å². The Morgan fingerprint density at radius 3 is 2.91 bits per heavy atom. The molecule has 0 saturated carbocycles. The molecule has 0 atom stereocenters. The first-order valence-corrected chi connectivity index (χ1v) is 3.30. The van der Waals surface area contributed by atoms with Crippen LogP contribution in [0.2, 0.25) is 0 Å². The SMILES string of the molecule is Nc1cccc2[nH]cc(F)c12. The Labute approximate surface area is 62.8 Å². The Morgan fingerprint density at radius 1 is 1.36 bits per heavy atom. The van der Waals surface area contributed by atoms with Crippen LogP contribution in [0.1, 0.15) is 0 Å². The molecule has 56 valence electrons. The van der Waals surface area contributed by atoms with Crippen LogP contribution >= 0.6 is 0 Å². The van der Waals surface area contributed by atoms with E-state index < -0.39 is 0 Å². The van der Waals surface area contributed by atoms with Gasteiger partial charge < -0.3 is 10.7 Å². The van der Waals surface area contributed by atoms with Crippen LogP contribution < -0.4 is 5.73 Å². The topological polar surface area (TPSA) is 41.8 Å². The normalized spacial score (nSPS) is 10.6. The molecule has 0 saturated heterocycles. The zero-order chi connectivity index (χ0) is 7.84. The number of hydrogen-bond donors (Lipinski definition) is 2. The quantitative estimate of drug-likeness (QED) is 0.553. The molecule has 0 bridgehead atoms. The van der Waals surface area contributed by atoms with E-state index in [4.69, 9.17) is 5.73 Å². The van der Waals surface area contributed by atoms with Gasteiger partial charge in [-0.1, -0.05) is 6.07 Å². The van der Waals surface area contributed by atoms with Crippen LogP contribution in [0, 0.1) is 5.82 Å². The number of nitrogens with one attached hydrogen (secondary N) is 1. The van der Waals surface area contributed by atoms with Gasteiger partial charge in [-0.05, 0) is 12.1 Å². The highest BCUT2D eigenvalue weighted by atomic mass is 19.1. The Morgan fingerprint density at radius 2 is 2.18 bits per heavy atom. The number of hydrogen-bond acceptors (Lipinski definition) is 1. The van der Waals surface area contributed by atoms with Crippen LogP contribution in [-0.2, 0) is 0 Å². The van der Waals surface area contributed by atoms with E-state index in [0.29, 0.717) is 11.1 Å². The van der Waals surface area contributed by atoms with Gasteiger partial charge in [-0.3, -0.25) is 0 Å². The monoisotopic (exact) mass is 150 g/mol. The number of fused-ring (bicyclic) bond motifs is 1. The highest BCUT2D eigenvalue weighted by Gasteiger charge is 2.03. The van der Waals surface area contributed by atoms with Crippen LogP contribution in [-0.4, -0.2) is 4.98 Å². The third-order valence-corrected chi connectivity index (χ3v) is 1.69. The molecule has 0 aliphatic carbocycles. The maximum Gasteiger partial charge on any atom is 0.150 e. The van der Waals surface area contributed by atoms with Crippen molar-refractivity contribution in [1.82, 2.24) is 4.98 Å². The van der Waals surface area contributed by atoms with Crippen molar-refractivity contribution in [2.45, 2.75) is 0 Å². The molecule has 2 aromatic rings. The van der Waals surface area contributed by atoms with E-state index in [1.165, 1.54) is 6.20 Å². The molecular formula is C8H7FN2. The van der Waals surface area contributed by atoms with Gasteiger partial charge in [0.15, 0.2) is 5.82 Å². The number of H-pyrrole nitrogens is 1. The molecule has 0 unspecified atom stereocenters. The average molecular weight is 150 g/mol. The number of benzene rings is 1. The van der Waals surface area contributed by atoms with Gasteiger partial charge in [-0.25, -0.2) is 4.39 Å². The van der Waals surface area contributed by atoms with Gasteiger partial charge in [0.05, 0.1) is 10.9 Å². The van der Waals surface area contributed by atoms with Crippen molar-refractivity contribution in [2.24, 2.45) is 0 Å². The highest BCUT2D eigenvalue weighted by Crippen LogP contribution is 2.22. The first-order valence-electron chi connectivity index (χ1n) is 3.30. The second-order valence-corrected chi connectivity index (χ2v) is 2.41. The lowest BCUT2D eigenvalue weighted by Crippen LogP contribution is -1.85. The minimum Gasteiger partial charge on any atom is -0.398 e. The predicted octanol–water partition coefficient (Wildman–Crippen LogP) is 1.89. The van der Waals surface area contributed by atoms with Gasteiger partial charge in [-0.2, -0.15) is 0 Å². The number of aromatic nitrogens is 1. The minimum absolute atomic E-state index is 0.293. The number of halogens is 1. The Kier molecular flexibility index (Phi) is 1.12. The largest absolute Gasteiger partial charge is 0.398 e. The lowest BCUT2D eigenvalue weighted by molar-refractivity contribution is 0.639. The summed E-state index contributed by atoms with van der Waals surface area (Å²) < 4.78 is 12.9. The van der Waals surface area contributed by atoms with Crippen molar-refractivity contribution in [3.05, 3.63) is 30.2 Å². The fourth-order valence-electron chi connectivity index (χ4n) is 1.17. The van der Waals surface area contributed by atoms with E-state index in [0.717, 1.165) is 5.52 Å². The fourth-order valence-corrected chi connectivity index (χ4v) is 1.17. The van der Waals surface area contributed by atoms with Crippen LogP contribution in [0.15, 0.2) is 24.4 Å². The van der Waals surface area contributed by atoms with Crippen molar-refractivity contribution in [3.63, 3.8) is 0 Å². The zero-order valence-electron chi connectivity index (χ0n) is 5.76. The molecule has 0 fully saturated rings. The summed E-state index contributed by atoms with van der Waals surface area (Å²) in [6.07, 6.45) is 1.31. The number of anilines is 1. The maximum atomic E-state index is 12.9. The summed E-state index contributed by atoms with van der Waals surface area (Å²) in [5.74, 6) is -0.293. The maximum absolute atomic E-state index is 12.9. The first kappa shape index (κ1) is 6.22. The second kappa shape index (κ2) is 1.99. The second-order valence-electron chi connectivity index (χ2n) is 2.41. The zero-order valence-corrected chi connectivity index (χ0v) is 5.76. The van der Waals surface area contributed by atoms with E-state index in [9.17, 15) is 4.39 Å². The Balaban J connectivity index is 2.96. The molecule has 0 amide bonds. The lowest BCUT2D eigenvalue weighted by Gasteiger charge is -1.93. The molecule has 3 heteroatoms. The predicted molar refractivity (Wildman–Crippen MR) is 42.7 cm³/mol. The summed E-state index contributed by atoms with van der Waals surface area (Å²) in [6.45, 7) is 0. The molecule has 0 spiro atoms. The molecule has 2 nitrogen and oxygen atoms in total. The summed E-state index contributed by atoms with van der Waals surface area (Å²) in [5, 5.41) is 0.479. The minimum atomic E-state index is -0.293. The molecule has 2 rings (SSSR count). The standard InChI is InChI=1S/C8H7FN2/c9-5-4-11-7-3-1-2-6(10)8(5)7/h1-4,11H,10H2. The lowest BCUT2D eigenvalue weighted by atomic mass is 10.2. The Bertz CT molecular complexity index is 392. The van der Waals surface area contributed by atoms with E-state index in [-0.39, 0.29) is 5.82 Å². The van der Waals surface area contributed by atoms with Crippen molar-refractivity contribution in [2.75, 3.05) is 5.73 Å². The number of nitrogens with two attached hydrogens (primary N) is 1. The first-order chi connectivity index (χ1) is 5.29. The molecular weight excluding hydrogens is 143 g/mol. The van der Waals surface area contributed by atoms with E-state index >= 15 is 0 Å². The van der Waals surface area contributed by atoms with Crippen LogP contribution in [0.5, 0.6) is 0 Å². The van der Waals surface area contributed by atoms with Crippen molar-refractivity contribution in [1.29, 1.82) is 0 Å². The van der Waals surface area contributed by atoms with Gasteiger partial charge in [0.2, 0.25) is 0 Å². The highest BCUT2D eigenvalue weighted by molar-refractivity contribution is 5.91. The molecule has 0 radical (unpaired) electrons. The summed E-state index contributed by atoms with van der Waals surface area (Å²) in [6, 6.07) is 5.25. The molecule has 1 aromatic heterocycles. The molecule has 3 N–H and O–H groups in total. The van der Waals surface area contributed by atoms with Crippen molar-refractivity contribution < 1.29 is 4.39 Å². The number of rotatable bonds is 0. The third kappa shape index (κ3) is 0.774. The fraction of sp³-hybridized carbons (Fsp3) is 0. The molecule has 11 heavy (non-hydrogen) atoms. The van der Waals surface area contributed by atoms with E-state index in [1.54, 1.807) is 18.2 Å². The average Bonchev–Trinajstić information content (AvgIpc) is 2.34. The van der Waals surface area contributed by atoms with E-state index in [1.807, 2.05) is 0 Å². The molecule has 1 aromatic carbocycles. The van der Waals surface area contributed by atoms with Crippen LogP contribution in [0.3, 0.4) is 0 Å². The van der Waals surface area contributed by atoms with Gasteiger partial charge in [0, 0.05) is 11.9 Å². The summed E-state index contributed by atoms with van der Waals surface area (Å²) in [7, 11) is 0. The van der Waals surface area contributed by atoms with Crippen molar-refractivity contribution in [3.8, 4) is 0 Å². The van der Waals surface area contributed by atoms with Crippen molar-refractivity contribution >= 4 is 16.6 Å². The van der Waals surface area contributed by atoms with Crippen LogP contribution in [0.25, 0.3) is 10.9 Å². The number of nitrogen functional groups attached to an aromatic ring is 1. The molecule has 1 heterocycles. The number of aromatic amines is 1. The van der Waals surface area contributed by atoms with E-state index in [2.05, 4.69) is 4.98 Å². The van der Waals surface area contributed by atoms with Gasteiger partial charge in [0.25, 0.3) is 0 Å². The van der Waals surface area contributed by atoms with Gasteiger partial charge in [-0.15, -0.1) is 0 Å². The third-order valence-electron chi connectivity index (χ3n) is 1.69. The summed E-state index contributed by atoms with van der Waals surface area (Å²) >= 11 is 0. The summed E-state index contributed by atoms with van der Waals surface area (Å²) in [5.41, 5.74) is 6.75. The smallest absolute Gasteiger partial charge is 0.150 e. The van der Waals surface area contributed by atoms with Gasteiger partial charge in [0.1, 0.15) is 0 Å². The molecule has 0 aliphatic heterocycles.